The molecule has 5 nitrogen and oxygen atoms in total. The molecule has 0 bridgehead atoms. The Kier molecular flexibility index (Phi) is 9.92. The molecule has 3 N–H and O–H groups in total. The number of amides is 1. The number of carbonyl (C=O) groups excluding carboxylic acids is 2. The van der Waals surface area contributed by atoms with E-state index in [1.165, 1.54) is 19.3 Å². The van der Waals surface area contributed by atoms with Gasteiger partial charge in [-0.25, -0.2) is 0 Å². The summed E-state index contributed by atoms with van der Waals surface area (Å²) in [5, 5.41) is 2.79. The zero-order valence-corrected chi connectivity index (χ0v) is 14.8. The summed E-state index contributed by atoms with van der Waals surface area (Å²) in [6, 6.07) is 0. The molecule has 0 aromatic heterocycles. The van der Waals surface area contributed by atoms with Crippen LogP contribution in [0.15, 0.2) is 0 Å². The van der Waals surface area contributed by atoms with E-state index in [1.54, 1.807) is 0 Å². The summed E-state index contributed by atoms with van der Waals surface area (Å²) in [6.45, 7) is 4.73. The third kappa shape index (κ3) is 9.59. The normalized spacial score (nSPS) is 18.1. The Bertz CT molecular complexity index is 350. The third-order valence-corrected chi connectivity index (χ3v) is 4.38. The van der Waals surface area contributed by atoms with E-state index in [9.17, 15) is 9.59 Å². The maximum atomic E-state index is 12.3. The zero-order chi connectivity index (χ0) is 17.1. The van der Waals surface area contributed by atoms with Crippen LogP contribution in [0.3, 0.4) is 0 Å². The molecule has 1 fully saturated rings. The van der Waals surface area contributed by atoms with Gasteiger partial charge in [0.15, 0.2) is 0 Å². The highest BCUT2D eigenvalue weighted by Crippen LogP contribution is 2.21. The molecule has 0 saturated heterocycles. The summed E-state index contributed by atoms with van der Waals surface area (Å²) in [6.07, 6.45) is 9.43. The van der Waals surface area contributed by atoms with Crippen LogP contribution >= 0.6 is 0 Å². The zero-order valence-electron chi connectivity index (χ0n) is 14.8. The van der Waals surface area contributed by atoms with Crippen LogP contribution in [0.4, 0.5) is 0 Å². The predicted molar refractivity (Wildman–Crippen MR) is 91.8 cm³/mol. The van der Waals surface area contributed by atoms with E-state index >= 15 is 0 Å². The van der Waals surface area contributed by atoms with Gasteiger partial charge in [0.1, 0.15) is 6.10 Å². The first-order valence-corrected chi connectivity index (χ1v) is 9.17. The molecule has 0 unspecified atom stereocenters. The second-order valence-corrected chi connectivity index (χ2v) is 7.16. The maximum absolute atomic E-state index is 12.3. The molecule has 0 spiro atoms. The molecule has 1 amide bonds. The molecule has 1 rings (SSSR count). The van der Waals surface area contributed by atoms with Gasteiger partial charge in [-0.2, -0.15) is 0 Å². The molecule has 1 saturated carbocycles. The quantitative estimate of drug-likeness (QED) is 0.672. The number of carbonyl (C=O) groups is 2. The Morgan fingerprint density at radius 3 is 2.30 bits per heavy atom. The number of nitrogens with two attached hydrogens (primary N) is 1. The Morgan fingerprint density at radius 2 is 1.74 bits per heavy atom. The maximum Gasteiger partial charge on any atom is 0.306 e. The summed E-state index contributed by atoms with van der Waals surface area (Å²) < 4.78 is 5.70. The van der Waals surface area contributed by atoms with Crippen LogP contribution in [0.1, 0.15) is 71.6 Å². The van der Waals surface area contributed by atoms with Crippen molar-refractivity contribution >= 4 is 11.9 Å². The Hall–Kier alpha value is -1.10. The lowest BCUT2D eigenvalue weighted by Crippen LogP contribution is -2.35. The van der Waals surface area contributed by atoms with Crippen LogP contribution in [0.25, 0.3) is 0 Å². The van der Waals surface area contributed by atoms with Crippen LogP contribution in [0.2, 0.25) is 0 Å². The van der Waals surface area contributed by atoms with Gasteiger partial charge in [0.2, 0.25) is 5.91 Å². The van der Waals surface area contributed by atoms with Crippen molar-refractivity contribution < 1.29 is 14.3 Å². The van der Waals surface area contributed by atoms with Gasteiger partial charge in [-0.1, -0.05) is 33.1 Å². The summed E-state index contributed by atoms with van der Waals surface area (Å²) in [5.74, 6) is 0.297. The Labute approximate surface area is 140 Å². The lowest BCUT2D eigenvalue weighted by atomic mass is 9.94. The van der Waals surface area contributed by atoms with Crippen molar-refractivity contribution in [2.45, 2.75) is 77.7 Å². The highest BCUT2D eigenvalue weighted by Gasteiger charge is 2.21. The van der Waals surface area contributed by atoms with Crippen molar-refractivity contribution in [3.8, 4) is 0 Å². The van der Waals surface area contributed by atoms with Crippen molar-refractivity contribution in [1.82, 2.24) is 5.32 Å². The predicted octanol–water partition coefficient (Wildman–Crippen LogP) is 2.77. The molecular weight excluding hydrogens is 292 g/mol. The van der Waals surface area contributed by atoms with Crippen LogP contribution in [0.5, 0.6) is 0 Å². The topological polar surface area (TPSA) is 81.4 Å². The Morgan fingerprint density at radius 1 is 1.13 bits per heavy atom. The Balaban J connectivity index is 2.42. The van der Waals surface area contributed by atoms with E-state index in [-0.39, 0.29) is 30.4 Å². The smallest absolute Gasteiger partial charge is 0.306 e. The van der Waals surface area contributed by atoms with Gasteiger partial charge in [0.05, 0.1) is 13.0 Å². The van der Waals surface area contributed by atoms with E-state index in [2.05, 4.69) is 19.2 Å². The molecule has 23 heavy (non-hydrogen) atoms. The fourth-order valence-electron chi connectivity index (χ4n) is 3.24. The molecule has 1 aliphatic carbocycles. The van der Waals surface area contributed by atoms with Gasteiger partial charge in [0, 0.05) is 6.54 Å². The molecule has 0 aromatic rings. The molecule has 5 heteroatoms. The number of rotatable bonds is 8. The highest BCUT2D eigenvalue weighted by molar-refractivity contribution is 5.77. The molecule has 0 heterocycles. The van der Waals surface area contributed by atoms with Crippen LogP contribution in [-0.4, -0.2) is 31.1 Å². The molecule has 1 atom stereocenters. The number of ether oxygens (including phenoxy) is 1. The van der Waals surface area contributed by atoms with Gasteiger partial charge >= 0.3 is 5.97 Å². The first-order valence-electron chi connectivity index (χ1n) is 9.17. The van der Waals surface area contributed by atoms with Crippen molar-refractivity contribution in [2.75, 3.05) is 13.1 Å². The number of esters is 1. The number of hydrogen-bond acceptors (Lipinski definition) is 4. The van der Waals surface area contributed by atoms with Crippen molar-refractivity contribution in [3.05, 3.63) is 0 Å². The second kappa shape index (κ2) is 11.4. The molecule has 0 aliphatic heterocycles. The molecule has 0 radical (unpaired) electrons. The summed E-state index contributed by atoms with van der Waals surface area (Å²) in [4.78, 5) is 23.6. The monoisotopic (exact) mass is 326 g/mol. The van der Waals surface area contributed by atoms with Gasteiger partial charge in [-0.3, -0.25) is 9.59 Å². The van der Waals surface area contributed by atoms with Gasteiger partial charge in [0.25, 0.3) is 0 Å². The average Bonchev–Trinajstić information content (AvgIpc) is 2.46. The fourth-order valence-corrected chi connectivity index (χ4v) is 3.24. The van der Waals surface area contributed by atoms with Crippen molar-refractivity contribution in [2.24, 2.45) is 17.6 Å². The minimum atomic E-state index is -0.174. The standard InChI is InChI=1S/C18H34N2O3/c1-14(2)10-15(13-20-17(21)12-19)11-18(22)23-16-8-6-4-3-5-7-9-16/h14-16H,3-13,19H2,1-2H3,(H,20,21)/t15-/m0/s1. The van der Waals surface area contributed by atoms with Gasteiger partial charge in [-0.05, 0) is 43.9 Å². The first-order chi connectivity index (χ1) is 11.0. The largest absolute Gasteiger partial charge is 0.462 e. The molecule has 0 aromatic carbocycles. The first kappa shape index (κ1) is 19.9. The van der Waals surface area contributed by atoms with Crippen LogP contribution in [-0.2, 0) is 14.3 Å². The van der Waals surface area contributed by atoms with Crippen LogP contribution in [0, 0.1) is 11.8 Å². The average molecular weight is 326 g/mol. The van der Waals surface area contributed by atoms with Crippen LogP contribution < -0.4 is 11.1 Å². The van der Waals surface area contributed by atoms with Gasteiger partial charge in [-0.15, -0.1) is 0 Å². The summed E-state index contributed by atoms with van der Waals surface area (Å²) in [7, 11) is 0. The molecular formula is C18H34N2O3. The van der Waals surface area contributed by atoms with E-state index in [0.717, 1.165) is 32.1 Å². The van der Waals surface area contributed by atoms with E-state index in [4.69, 9.17) is 10.5 Å². The van der Waals surface area contributed by atoms with E-state index in [0.29, 0.717) is 18.9 Å². The van der Waals surface area contributed by atoms with E-state index < -0.39 is 0 Å². The minimum Gasteiger partial charge on any atom is -0.462 e. The van der Waals surface area contributed by atoms with Gasteiger partial charge < -0.3 is 15.8 Å². The second-order valence-electron chi connectivity index (χ2n) is 7.16. The minimum absolute atomic E-state index is 0.0130. The summed E-state index contributed by atoms with van der Waals surface area (Å²) >= 11 is 0. The lowest BCUT2D eigenvalue weighted by molar-refractivity contribution is -0.151. The fraction of sp³-hybridized carbons (Fsp3) is 0.889. The number of hydrogen-bond donors (Lipinski definition) is 2. The lowest BCUT2D eigenvalue weighted by Gasteiger charge is -2.23. The third-order valence-electron chi connectivity index (χ3n) is 4.38. The molecule has 1 aliphatic rings. The molecule has 134 valence electrons. The van der Waals surface area contributed by atoms with Crippen molar-refractivity contribution in [1.29, 1.82) is 0 Å². The SMILES string of the molecule is CC(C)C[C@H](CNC(=O)CN)CC(=O)OC1CCCCCCC1. The summed E-state index contributed by atoms with van der Waals surface area (Å²) in [5.41, 5.74) is 5.31. The van der Waals surface area contributed by atoms with Crippen molar-refractivity contribution in [3.63, 3.8) is 0 Å². The number of nitrogens with one attached hydrogen (secondary N) is 1. The highest BCUT2D eigenvalue weighted by atomic mass is 16.5. The van der Waals surface area contributed by atoms with E-state index in [1.807, 2.05) is 0 Å².